The minimum Gasteiger partial charge on any atom is -0.241 e. The van der Waals surface area contributed by atoms with Gasteiger partial charge in [-0.2, -0.15) is 0 Å². The van der Waals surface area contributed by atoms with Gasteiger partial charge >= 0.3 is 0 Å². The van der Waals surface area contributed by atoms with E-state index in [1.54, 1.807) is 18.1 Å². The van der Waals surface area contributed by atoms with Crippen molar-refractivity contribution in [2.24, 2.45) is 0 Å². The molecule has 18 heavy (non-hydrogen) atoms. The van der Waals surface area contributed by atoms with Crippen LogP contribution in [0.3, 0.4) is 0 Å². The van der Waals surface area contributed by atoms with Crippen molar-refractivity contribution in [3.63, 3.8) is 0 Å². The smallest absolute Gasteiger partial charge is 0.111 e. The summed E-state index contributed by atoms with van der Waals surface area (Å²) in [5, 5.41) is 0. The van der Waals surface area contributed by atoms with Crippen molar-refractivity contribution in [2.75, 3.05) is 0 Å². The fourth-order valence-corrected chi connectivity index (χ4v) is 3.00. The number of hydrogen-bond acceptors (Lipinski definition) is 2. The van der Waals surface area contributed by atoms with Crippen molar-refractivity contribution in [3.8, 4) is 0 Å². The molecule has 3 rings (SSSR count). The van der Waals surface area contributed by atoms with Crippen molar-refractivity contribution < 1.29 is 0 Å². The van der Waals surface area contributed by atoms with E-state index in [1.165, 1.54) is 19.4 Å². The van der Waals surface area contributed by atoms with E-state index in [1.807, 2.05) is 6.07 Å². The zero-order valence-electron chi connectivity index (χ0n) is 9.80. The summed E-state index contributed by atoms with van der Waals surface area (Å²) in [4.78, 5) is 6.66. The van der Waals surface area contributed by atoms with Gasteiger partial charge in [0.1, 0.15) is 6.33 Å². The molecule has 0 fully saturated rings. The van der Waals surface area contributed by atoms with Gasteiger partial charge in [-0.3, -0.25) is 0 Å². The Hall–Kier alpha value is -1.45. The van der Waals surface area contributed by atoms with Gasteiger partial charge in [-0.1, -0.05) is 29.5 Å². The Balaban J connectivity index is 1.95. The van der Waals surface area contributed by atoms with Gasteiger partial charge in [0.15, 0.2) is 0 Å². The SMILES string of the molecule is Cc1cccc(Sc2ccc3c(c2)ncn3Cl)c1. The molecule has 0 aliphatic carbocycles. The molecule has 0 N–H and O–H groups in total. The second-order valence-electron chi connectivity index (χ2n) is 4.12. The lowest BCUT2D eigenvalue weighted by Gasteiger charge is -2.02. The second-order valence-corrected chi connectivity index (χ2v) is 5.64. The summed E-state index contributed by atoms with van der Waals surface area (Å²) in [6.45, 7) is 2.10. The van der Waals surface area contributed by atoms with Crippen LogP contribution in [0.5, 0.6) is 0 Å². The van der Waals surface area contributed by atoms with Crippen LogP contribution in [-0.2, 0) is 0 Å². The Morgan fingerprint density at radius 3 is 2.78 bits per heavy atom. The molecule has 0 unspecified atom stereocenters. The molecule has 0 saturated heterocycles. The Kier molecular flexibility index (Phi) is 3.02. The molecule has 0 bridgehead atoms. The Morgan fingerprint density at radius 2 is 1.94 bits per heavy atom. The topological polar surface area (TPSA) is 17.8 Å². The highest BCUT2D eigenvalue weighted by Gasteiger charge is 2.03. The molecular weight excluding hydrogens is 264 g/mol. The number of nitrogens with zero attached hydrogens (tertiary/aromatic N) is 2. The normalized spacial score (nSPS) is 11.0. The third-order valence-corrected chi connectivity index (χ3v) is 3.95. The van der Waals surface area contributed by atoms with Gasteiger partial charge in [-0.25, -0.2) is 9.07 Å². The molecule has 0 amide bonds. The third kappa shape index (κ3) is 2.24. The van der Waals surface area contributed by atoms with Crippen LogP contribution < -0.4 is 0 Å². The molecule has 3 aromatic rings. The minimum absolute atomic E-state index is 0.919. The van der Waals surface area contributed by atoms with E-state index in [0.29, 0.717) is 0 Å². The molecule has 1 heterocycles. The van der Waals surface area contributed by atoms with Crippen molar-refractivity contribution in [2.45, 2.75) is 16.7 Å². The number of aryl methyl sites for hydroxylation is 1. The minimum atomic E-state index is 0.919. The van der Waals surface area contributed by atoms with Gasteiger partial charge in [0.2, 0.25) is 0 Å². The molecule has 0 atom stereocenters. The Morgan fingerprint density at radius 1 is 1.11 bits per heavy atom. The van der Waals surface area contributed by atoms with Crippen LogP contribution in [-0.4, -0.2) is 9.07 Å². The van der Waals surface area contributed by atoms with Gasteiger partial charge in [-0.15, -0.1) is 0 Å². The third-order valence-electron chi connectivity index (χ3n) is 2.70. The van der Waals surface area contributed by atoms with Crippen LogP contribution in [0.4, 0.5) is 0 Å². The van der Waals surface area contributed by atoms with Crippen LogP contribution in [0.2, 0.25) is 0 Å². The van der Waals surface area contributed by atoms with E-state index in [-0.39, 0.29) is 0 Å². The zero-order chi connectivity index (χ0) is 12.5. The van der Waals surface area contributed by atoms with E-state index in [9.17, 15) is 0 Å². The molecule has 1 aromatic heterocycles. The summed E-state index contributed by atoms with van der Waals surface area (Å²) in [6.07, 6.45) is 1.62. The first-order valence-electron chi connectivity index (χ1n) is 5.60. The lowest BCUT2D eigenvalue weighted by molar-refractivity contribution is 1.25. The summed E-state index contributed by atoms with van der Waals surface area (Å²) in [6, 6.07) is 14.6. The molecule has 0 spiro atoms. The molecule has 0 saturated carbocycles. The largest absolute Gasteiger partial charge is 0.241 e. The predicted octanol–water partition coefficient (Wildman–Crippen LogP) is 4.50. The van der Waals surface area contributed by atoms with Crippen LogP contribution in [0.15, 0.2) is 58.6 Å². The lowest BCUT2D eigenvalue weighted by Crippen LogP contribution is -1.78. The monoisotopic (exact) mass is 274 g/mol. The van der Waals surface area contributed by atoms with Crippen LogP contribution in [0.1, 0.15) is 5.56 Å². The standard InChI is InChI=1S/C14H11ClN2S/c1-10-3-2-4-11(7-10)18-12-5-6-14-13(8-12)16-9-17(14)15/h2-9H,1H3. The predicted molar refractivity (Wildman–Crippen MR) is 76.3 cm³/mol. The van der Waals surface area contributed by atoms with E-state index >= 15 is 0 Å². The number of aromatic nitrogens is 2. The average Bonchev–Trinajstić information content (AvgIpc) is 2.71. The Bertz CT molecular complexity index is 706. The maximum Gasteiger partial charge on any atom is 0.111 e. The van der Waals surface area contributed by atoms with Crippen molar-refractivity contribution in [1.29, 1.82) is 0 Å². The average molecular weight is 275 g/mol. The fourth-order valence-electron chi connectivity index (χ4n) is 1.84. The van der Waals surface area contributed by atoms with Crippen molar-refractivity contribution in [1.82, 2.24) is 9.07 Å². The van der Waals surface area contributed by atoms with Crippen molar-refractivity contribution in [3.05, 3.63) is 54.4 Å². The number of fused-ring (bicyclic) bond motifs is 1. The molecule has 0 aliphatic rings. The number of hydrogen-bond donors (Lipinski definition) is 0. The number of rotatable bonds is 2. The molecule has 2 aromatic carbocycles. The van der Waals surface area contributed by atoms with Gasteiger partial charge in [-0.05, 0) is 37.3 Å². The maximum absolute atomic E-state index is 5.95. The first kappa shape index (κ1) is 11.6. The van der Waals surface area contributed by atoms with Crippen LogP contribution in [0.25, 0.3) is 11.0 Å². The number of benzene rings is 2. The van der Waals surface area contributed by atoms with Gasteiger partial charge in [0, 0.05) is 21.6 Å². The van der Waals surface area contributed by atoms with Gasteiger partial charge in [0.25, 0.3) is 0 Å². The maximum atomic E-state index is 5.95. The molecule has 4 heteroatoms. The van der Waals surface area contributed by atoms with E-state index in [4.69, 9.17) is 11.8 Å². The Labute approximate surface area is 115 Å². The number of imidazole rings is 1. The first-order valence-corrected chi connectivity index (χ1v) is 6.75. The summed E-state index contributed by atoms with van der Waals surface area (Å²) < 4.78 is 1.51. The first-order chi connectivity index (χ1) is 8.72. The van der Waals surface area contributed by atoms with Crippen LogP contribution >= 0.6 is 23.5 Å². The highest BCUT2D eigenvalue weighted by Crippen LogP contribution is 2.30. The van der Waals surface area contributed by atoms with E-state index in [2.05, 4.69) is 48.3 Å². The molecule has 2 nitrogen and oxygen atoms in total. The highest BCUT2D eigenvalue weighted by atomic mass is 35.5. The highest BCUT2D eigenvalue weighted by molar-refractivity contribution is 7.99. The van der Waals surface area contributed by atoms with Gasteiger partial charge < -0.3 is 0 Å². The quantitative estimate of drug-likeness (QED) is 0.685. The fraction of sp³-hybridized carbons (Fsp3) is 0.0714. The summed E-state index contributed by atoms with van der Waals surface area (Å²) in [5.41, 5.74) is 3.12. The van der Waals surface area contributed by atoms with Crippen molar-refractivity contribution >= 4 is 34.6 Å². The number of halogens is 1. The van der Waals surface area contributed by atoms with Gasteiger partial charge in [0.05, 0.1) is 11.0 Å². The molecule has 0 aliphatic heterocycles. The molecular formula is C14H11ClN2S. The second kappa shape index (κ2) is 4.67. The molecule has 0 radical (unpaired) electrons. The molecule has 90 valence electrons. The zero-order valence-corrected chi connectivity index (χ0v) is 11.4. The van der Waals surface area contributed by atoms with Crippen LogP contribution in [0, 0.1) is 6.92 Å². The van der Waals surface area contributed by atoms with E-state index < -0.39 is 0 Å². The summed E-state index contributed by atoms with van der Waals surface area (Å²) in [7, 11) is 0. The summed E-state index contributed by atoms with van der Waals surface area (Å²) in [5.74, 6) is 0. The summed E-state index contributed by atoms with van der Waals surface area (Å²) >= 11 is 7.69. The van der Waals surface area contributed by atoms with E-state index in [0.717, 1.165) is 11.0 Å². The lowest BCUT2D eigenvalue weighted by atomic mass is 10.2.